The quantitative estimate of drug-likeness (QED) is 0.139. The summed E-state index contributed by atoms with van der Waals surface area (Å²) in [7, 11) is 0. The highest BCUT2D eigenvalue weighted by atomic mass is 35.5. The van der Waals surface area contributed by atoms with Gasteiger partial charge < -0.3 is 11.5 Å². The molecule has 1 aromatic rings. The summed E-state index contributed by atoms with van der Waals surface area (Å²) in [5, 5.41) is 2.24. The molecule has 1 atom stereocenters. The number of guanidine groups is 1. The SMILES string of the molecule is NC(N)=NNC(N)(Cl)c1ccccc1. The molecule has 0 bridgehead atoms. The molecule has 0 aliphatic carbocycles. The number of benzene rings is 1. The summed E-state index contributed by atoms with van der Waals surface area (Å²) < 4.78 is 0. The molecule has 1 unspecified atom stereocenters. The Balaban J connectivity index is 2.81. The molecule has 5 nitrogen and oxygen atoms in total. The number of nitrogens with zero attached hydrogens (tertiary/aromatic N) is 1. The van der Waals surface area contributed by atoms with Crippen LogP contribution in [0, 0.1) is 0 Å². The molecule has 0 radical (unpaired) electrons. The number of rotatable bonds is 3. The van der Waals surface area contributed by atoms with Crippen LogP contribution in [0.15, 0.2) is 35.4 Å². The molecule has 1 aromatic carbocycles. The highest BCUT2D eigenvalue weighted by molar-refractivity contribution is 6.23. The molecule has 0 spiro atoms. The summed E-state index contributed by atoms with van der Waals surface area (Å²) >= 11 is 5.95. The maximum atomic E-state index is 5.95. The molecule has 7 N–H and O–H groups in total. The second-order valence-electron chi connectivity index (χ2n) is 2.73. The summed E-state index contributed by atoms with van der Waals surface area (Å²) in [6.45, 7) is 0. The van der Waals surface area contributed by atoms with E-state index in [4.69, 9.17) is 28.8 Å². The van der Waals surface area contributed by atoms with E-state index < -0.39 is 5.12 Å². The van der Waals surface area contributed by atoms with Crippen LogP contribution >= 0.6 is 11.6 Å². The fourth-order valence-corrected chi connectivity index (χ4v) is 1.06. The van der Waals surface area contributed by atoms with E-state index in [1.165, 1.54) is 0 Å². The van der Waals surface area contributed by atoms with Crippen LogP contribution in [0.4, 0.5) is 0 Å². The van der Waals surface area contributed by atoms with Crippen molar-refractivity contribution in [1.29, 1.82) is 0 Å². The zero-order valence-corrected chi connectivity index (χ0v) is 8.20. The first-order chi connectivity index (χ1) is 6.52. The van der Waals surface area contributed by atoms with E-state index in [0.717, 1.165) is 0 Å². The molecule has 14 heavy (non-hydrogen) atoms. The average molecular weight is 214 g/mol. The predicted octanol–water partition coefficient (Wildman–Crippen LogP) is -0.228. The Kier molecular flexibility index (Phi) is 3.16. The Morgan fingerprint density at radius 3 is 2.36 bits per heavy atom. The molecular formula is C8H12ClN5. The Hall–Kier alpha value is -1.46. The minimum atomic E-state index is -1.30. The third-order valence-electron chi connectivity index (χ3n) is 1.54. The Labute approximate surface area is 86.9 Å². The molecule has 0 saturated carbocycles. The van der Waals surface area contributed by atoms with E-state index in [-0.39, 0.29) is 5.96 Å². The number of nitrogens with two attached hydrogens (primary N) is 3. The van der Waals surface area contributed by atoms with Crippen molar-refractivity contribution in [3.63, 3.8) is 0 Å². The number of hydrogen-bond acceptors (Lipinski definition) is 3. The molecule has 6 heteroatoms. The minimum Gasteiger partial charge on any atom is -0.369 e. The highest BCUT2D eigenvalue weighted by Gasteiger charge is 2.22. The zero-order chi connectivity index (χ0) is 10.6. The number of halogens is 1. The largest absolute Gasteiger partial charge is 0.369 e. The highest BCUT2D eigenvalue weighted by Crippen LogP contribution is 2.18. The van der Waals surface area contributed by atoms with Crippen LogP contribution in [0.1, 0.15) is 5.56 Å². The number of hydrazone groups is 1. The molecule has 0 saturated heterocycles. The summed E-state index contributed by atoms with van der Waals surface area (Å²) in [4.78, 5) is 0. The number of nitrogens with one attached hydrogen (secondary N) is 1. The van der Waals surface area contributed by atoms with Gasteiger partial charge in [-0.2, -0.15) is 0 Å². The first-order valence-electron chi connectivity index (χ1n) is 3.91. The van der Waals surface area contributed by atoms with Crippen molar-refractivity contribution < 1.29 is 0 Å². The lowest BCUT2D eigenvalue weighted by atomic mass is 10.2. The first-order valence-corrected chi connectivity index (χ1v) is 4.29. The fourth-order valence-electron chi connectivity index (χ4n) is 0.891. The zero-order valence-electron chi connectivity index (χ0n) is 7.44. The molecule has 0 amide bonds. The Morgan fingerprint density at radius 2 is 1.86 bits per heavy atom. The van der Waals surface area contributed by atoms with Crippen LogP contribution in [0.3, 0.4) is 0 Å². The molecule has 0 aliphatic heterocycles. The lowest BCUT2D eigenvalue weighted by molar-refractivity contribution is 0.509. The predicted molar refractivity (Wildman–Crippen MR) is 57.1 cm³/mol. The second-order valence-corrected chi connectivity index (χ2v) is 3.32. The van der Waals surface area contributed by atoms with Crippen molar-refractivity contribution >= 4 is 17.6 Å². The molecule has 0 aromatic heterocycles. The van der Waals surface area contributed by atoms with Gasteiger partial charge in [0.2, 0.25) is 11.1 Å². The van der Waals surface area contributed by atoms with Crippen molar-refractivity contribution in [1.82, 2.24) is 5.43 Å². The fraction of sp³-hybridized carbons (Fsp3) is 0.125. The number of hydrogen-bond donors (Lipinski definition) is 4. The standard InChI is InChI=1S/C8H12ClN5/c9-8(12,14-13-7(10)11)6-4-2-1-3-5-6/h1-5,14H,12H2,(H4,10,11,13). The second kappa shape index (κ2) is 4.17. The maximum absolute atomic E-state index is 5.95. The monoisotopic (exact) mass is 213 g/mol. The number of alkyl halides is 1. The minimum absolute atomic E-state index is 0.128. The van der Waals surface area contributed by atoms with Gasteiger partial charge in [-0.3, -0.25) is 11.2 Å². The normalized spacial score (nSPS) is 14.1. The van der Waals surface area contributed by atoms with Gasteiger partial charge in [0.25, 0.3) is 0 Å². The summed E-state index contributed by atoms with van der Waals surface area (Å²) in [5.41, 5.74) is 19.1. The Morgan fingerprint density at radius 1 is 1.29 bits per heavy atom. The van der Waals surface area contributed by atoms with E-state index in [2.05, 4.69) is 10.5 Å². The van der Waals surface area contributed by atoms with Gasteiger partial charge in [0.1, 0.15) is 0 Å². The van der Waals surface area contributed by atoms with Crippen molar-refractivity contribution in [3.8, 4) is 0 Å². The molecular weight excluding hydrogens is 202 g/mol. The summed E-state index contributed by atoms with van der Waals surface area (Å²) in [5.74, 6) is -0.128. The van der Waals surface area contributed by atoms with Crippen LogP contribution < -0.4 is 22.6 Å². The van der Waals surface area contributed by atoms with Crippen LogP contribution in [0.2, 0.25) is 0 Å². The first kappa shape index (κ1) is 10.6. The van der Waals surface area contributed by atoms with Gasteiger partial charge in [0.05, 0.1) is 0 Å². The van der Waals surface area contributed by atoms with Gasteiger partial charge in [0.15, 0.2) is 0 Å². The molecule has 0 fully saturated rings. The lowest BCUT2D eigenvalue weighted by Crippen LogP contribution is -2.44. The summed E-state index contributed by atoms with van der Waals surface area (Å²) in [6.07, 6.45) is 0. The van der Waals surface area contributed by atoms with Gasteiger partial charge >= 0.3 is 0 Å². The van der Waals surface area contributed by atoms with Gasteiger partial charge in [-0.25, -0.2) is 0 Å². The average Bonchev–Trinajstić information content (AvgIpc) is 2.16. The van der Waals surface area contributed by atoms with Crippen molar-refractivity contribution in [3.05, 3.63) is 35.9 Å². The smallest absolute Gasteiger partial charge is 0.208 e. The molecule has 1 rings (SSSR count). The van der Waals surface area contributed by atoms with Crippen LogP contribution in [0.25, 0.3) is 0 Å². The summed E-state index contributed by atoms with van der Waals surface area (Å²) in [6, 6.07) is 9.02. The van der Waals surface area contributed by atoms with E-state index in [9.17, 15) is 0 Å². The van der Waals surface area contributed by atoms with Crippen molar-refractivity contribution in [2.75, 3.05) is 0 Å². The van der Waals surface area contributed by atoms with Crippen LogP contribution in [-0.2, 0) is 5.12 Å². The van der Waals surface area contributed by atoms with Gasteiger partial charge in [-0.1, -0.05) is 41.9 Å². The van der Waals surface area contributed by atoms with Crippen molar-refractivity contribution in [2.45, 2.75) is 5.12 Å². The van der Waals surface area contributed by atoms with Crippen LogP contribution in [0.5, 0.6) is 0 Å². The van der Waals surface area contributed by atoms with Crippen LogP contribution in [-0.4, -0.2) is 5.96 Å². The lowest BCUT2D eigenvalue weighted by Gasteiger charge is -2.21. The third-order valence-corrected chi connectivity index (χ3v) is 1.84. The third kappa shape index (κ3) is 2.79. The molecule has 0 heterocycles. The molecule has 0 aliphatic rings. The van der Waals surface area contributed by atoms with E-state index in [1.807, 2.05) is 18.2 Å². The van der Waals surface area contributed by atoms with Gasteiger partial charge in [-0.15, -0.1) is 5.10 Å². The van der Waals surface area contributed by atoms with Gasteiger partial charge in [0, 0.05) is 5.56 Å². The van der Waals surface area contributed by atoms with E-state index >= 15 is 0 Å². The Bertz CT molecular complexity index is 318. The molecule has 76 valence electrons. The van der Waals surface area contributed by atoms with Crippen molar-refractivity contribution in [2.24, 2.45) is 22.3 Å². The topological polar surface area (TPSA) is 102 Å². The van der Waals surface area contributed by atoms with Gasteiger partial charge in [-0.05, 0) is 0 Å². The maximum Gasteiger partial charge on any atom is 0.208 e. The van der Waals surface area contributed by atoms with E-state index in [1.54, 1.807) is 12.1 Å². The van der Waals surface area contributed by atoms with E-state index in [0.29, 0.717) is 5.56 Å².